The van der Waals surface area contributed by atoms with Crippen LogP contribution in [-0.4, -0.2) is 168 Å². The van der Waals surface area contributed by atoms with Gasteiger partial charge in [-0.2, -0.15) is 0 Å². The molecule has 16 nitrogen and oxygen atoms in total. The van der Waals surface area contributed by atoms with Crippen molar-refractivity contribution in [3.8, 4) is 0 Å². The van der Waals surface area contributed by atoms with Crippen molar-refractivity contribution < 1.29 is 79.9 Å². The normalized spacial score (nSPS) is 52.5. The predicted molar refractivity (Wildman–Crippen MR) is 101 cm³/mol. The molecule has 3 rings (SSSR count). The number of rotatable bonds is 7. The fourth-order valence-electron chi connectivity index (χ4n) is 4.06. The van der Waals surface area contributed by atoms with Gasteiger partial charge in [-0.1, -0.05) is 0 Å². The third kappa shape index (κ3) is 5.37. The number of aliphatic hydroxyl groups is 11. The van der Waals surface area contributed by atoms with E-state index in [1.807, 2.05) is 0 Å². The highest BCUT2D eigenvalue weighted by Gasteiger charge is 2.53. The Morgan fingerprint density at radius 1 is 0.441 bits per heavy atom. The minimum atomic E-state index is -1.91. The van der Waals surface area contributed by atoms with E-state index < -0.39 is 112 Å². The minimum Gasteiger partial charge on any atom is -0.394 e. The summed E-state index contributed by atoms with van der Waals surface area (Å²) in [6.45, 7) is -2.32. The van der Waals surface area contributed by atoms with E-state index >= 15 is 0 Å². The summed E-state index contributed by atoms with van der Waals surface area (Å²) >= 11 is 0. The maximum absolute atomic E-state index is 10.6. The predicted octanol–water partition coefficient (Wildman–Crippen LogP) is -7.57. The third-order valence-electron chi connectivity index (χ3n) is 6.09. The van der Waals surface area contributed by atoms with Crippen molar-refractivity contribution in [1.82, 2.24) is 0 Å². The second-order valence-corrected chi connectivity index (χ2v) is 8.33. The average molecular weight is 504 g/mol. The Morgan fingerprint density at radius 3 is 1.35 bits per heavy atom. The number of hydrogen-bond acceptors (Lipinski definition) is 16. The van der Waals surface area contributed by atoms with Gasteiger partial charge in [0.2, 0.25) is 0 Å². The molecule has 15 atom stereocenters. The highest BCUT2D eigenvalue weighted by molar-refractivity contribution is 4.96. The van der Waals surface area contributed by atoms with Gasteiger partial charge in [-0.05, 0) is 0 Å². The molecule has 3 aliphatic heterocycles. The Morgan fingerprint density at radius 2 is 0.853 bits per heavy atom. The summed E-state index contributed by atoms with van der Waals surface area (Å²) in [4.78, 5) is 0. The Balaban J connectivity index is 1.72. The Bertz CT molecular complexity index is 635. The van der Waals surface area contributed by atoms with Crippen LogP contribution in [0.2, 0.25) is 0 Å². The standard InChI is InChI=1S/C18H32O16/c19-1-4-7(22)8(23)12(27)17(31-4)34-15-6(3-21)32-18(13(28)10(15)25)33-14-5(2-20)30-16(29)11(26)9(14)24/h4-29H,1-3H2/t4-,5-,6-,7-,8+,9-,10-,11-,12-,13-,14-,15+,16-,17+,18-/m1/s1. The van der Waals surface area contributed by atoms with Crippen LogP contribution in [0.5, 0.6) is 0 Å². The molecule has 0 bridgehead atoms. The number of aliphatic hydroxyl groups excluding tert-OH is 11. The fourth-order valence-corrected chi connectivity index (χ4v) is 4.06. The second-order valence-electron chi connectivity index (χ2n) is 8.33. The monoisotopic (exact) mass is 504 g/mol. The van der Waals surface area contributed by atoms with Gasteiger partial charge >= 0.3 is 0 Å². The zero-order valence-electron chi connectivity index (χ0n) is 17.7. The fraction of sp³-hybridized carbons (Fsp3) is 1.00. The van der Waals surface area contributed by atoms with Crippen molar-refractivity contribution >= 4 is 0 Å². The van der Waals surface area contributed by atoms with Crippen molar-refractivity contribution in [2.24, 2.45) is 0 Å². The lowest BCUT2D eigenvalue weighted by atomic mass is 9.96. The van der Waals surface area contributed by atoms with E-state index in [4.69, 9.17) is 23.7 Å². The van der Waals surface area contributed by atoms with Crippen molar-refractivity contribution in [3.05, 3.63) is 0 Å². The zero-order valence-corrected chi connectivity index (χ0v) is 17.7. The first-order valence-corrected chi connectivity index (χ1v) is 10.6. The molecule has 0 saturated carbocycles. The summed E-state index contributed by atoms with van der Waals surface area (Å²) in [7, 11) is 0. The molecule has 0 aromatic heterocycles. The van der Waals surface area contributed by atoms with Gasteiger partial charge in [0.25, 0.3) is 0 Å². The SMILES string of the molecule is OC[C@H]1O[C@@H](O[C@@H]2[C@H](O)[C@@H](O)[C@@H](O[C@H]3[C@H](O)[C@@H](O)[C@H](O)O[C@@H]3CO)O[C@@H]2CO)[C@H](O)[C@@H](O)[C@@H]1O. The van der Waals surface area contributed by atoms with Crippen LogP contribution < -0.4 is 0 Å². The van der Waals surface area contributed by atoms with Crippen LogP contribution in [0.1, 0.15) is 0 Å². The molecule has 200 valence electrons. The molecule has 0 aromatic rings. The largest absolute Gasteiger partial charge is 0.394 e. The summed E-state index contributed by atoms with van der Waals surface area (Å²) in [6, 6.07) is 0. The highest BCUT2D eigenvalue weighted by atomic mass is 16.8. The van der Waals surface area contributed by atoms with Crippen LogP contribution in [0, 0.1) is 0 Å². The van der Waals surface area contributed by atoms with Gasteiger partial charge in [-0.25, -0.2) is 0 Å². The molecule has 0 unspecified atom stereocenters. The van der Waals surface area contributed by atoms with Gasteiger partial charge in [0.1, 0.15) is 73.2 Å². The van der Waals surface area contributed by atoms with Crippen LogP contribution in [0.15, 0.2) is 0 Å². The van der Waals surface area contributed by atoms with Gasteiger partial charge < -0.3 is 79.9 Å². The van der Waals surface area contributed by atoms with Crippen LogP contribution in [0.3, 0.4) is 0 Å². The second kappa shape index (κ2) is 11.6. The molecule has 0 spiro atoms. The van der Waals surface area contributed by atoms with Crippen LogP contribution in [-0.2, 0) is 23.7 Å². The van der Waals surface area contributed by atoms with Gasteiger partial charge in [0, 0.05) is 0 Å². The molecule has 34 heavy (non-hydrogen) atoms. The van der Waals surface area contributed by atoms with E-state index in [1.54, 1.807) is 0 Å². The molecule has 3 fully saturated rings. The molecule has 16 heteroatoms. The summed E-state index contributed by atoms with van der Waals surface area (Å²) in [5.41, 5.74) is 0. The Kier molecular flexibility index (Phi) is 9.54. The molecule has 3 aliphatic rings. The lowest BCUT2D eigenvalue weighted by molar-refractivity contribution is -0.377. The van der Waals surface area contributed by atoms with Gasteiger partial charge in [0.05, 0.1) is 19.8 Å². The van der Waals surface area contributed by atoms with Gasteiger partial charge in [0.15, 0.2) is 18.9 Å². The third-order valence-corrected chi connectivity index (χ3v) is 6.09. The first-order valence-electron chi connectivity index (χ1n) is 10.6. The smallest absolute Gasteiger partial charge is 0.187 e. The Labute approximate surface area is 192 Å². The molecule has 3 saturated heterocycles. The molecule has 11 N–H and O–H groups in total. The maximum Gasteiger partial charge on any atom is 0.187 e. The van der Waals surface area contributed by atoms with E-state index in [9.17, 15) is 56.2 Å². The molecule has 0 amide bonds. The van der Waals surface area contributed by atoms with E-state index in [2.05, 4.69) is 0 Å². The molecule has 0 aliphatic carbocycles. The van der Waals surface area contributed by atoms with E-state index in [0.29, 0.717) is 0 Å². The zero-order chi connectivity index (χ0) is 25.3. The van der Waals surface area contributed by atoms with Crippen molar-refractivity contribution in [2.45, 2.75) is 92.1 Å². The van der Waals surface area contributed by atoms with E-state index in [0.717, 1.165) is 0 Å². The molecule has 0 aromatic carbocycles. The van der Waals surface area contributed by atoms with Crippen molar-refractivity contribution in [3.63, 3.8) is 0 Å². The first-order chi connectivity index (χ1) is 16.0. The number of hydrogen-bond donors (Lipinski definition) is 11. The summed E-state index contributed by atoms with van der Waals surface area (Å²) in [5, 5.41) is 109. The van der Waals surface area contributed by atoms with E-state index in [1.165, 1.54) is 0 Å². The molecular weight excluding hydrogens is 472 g/mol. The van der Waals surface area contributed by atoms with E-state index in [-0.39, 0.29) is 0 Å². The minimum absolute atomic E-state index is 0.741. The topological polar surface area (TPSA) is 269 Å². The van der Waals surface area contributed by atoms with Crippen molar-refractivity contribution in [2.75, 3.05) is 19.8 Å². The Hall–Kier alpha value is -0.640. The molecule has 3 heterocycles. The average Bonchev–Trinajstić information content (AvgIpc) is 2.83. The summed E-state index contributed by atoms with van der Waals surface area (Å²) in [6.07, 6.45) is -25.1. The highest BCUT2D eigenvalue weighted by Crippen LogP contribution is 2.32. The summed E-state index contributed by atoms with van der Waals surface area (Å²) < 4.78 is 26.4. The maximum atomic E-state index is 10.6. The quantitative estimate of drug-likeness (QED) is 0.154. The lowest BCUT2D eigenvalue weighted by Gasteiger charge is -2.47. The van der Waals surface area contributed by atoms with Crippen molar-refractivity contribution in [1.29, 1.82) is 0 Å². The molecular formula is C18H32O16. The summed E-state index contributed by atoms with van der Waals surface area (Å²) in [5.74, 6) is 0. The lowest BCUT2D eigenvalue weighted by Crippen LogP contribution is -2.66. The van der Waals surface area contributed by atoms with Crippen LogP contribution in [0.25, 0.3) is 0 Å². The van der Waals surface area contributed by atoms with Crippen LogP contribution >= 0.6 is 0 Å². The van der Waals surface area contributed by atoms with Crippen LogP contribution in [0.4, 0.5) is 0 Å². The number of ether oxygens (including phenoxy) is 5. The van der Waals surface area contributed by atoms with Gasteiger partial charge in [-0.3, -0.25) is 0 Å². The first kappa shape index (κ1) is 27.9. The van der Waals surface area contributed by atoms with Gasteiger partial charge in [-0.15, -0.1) is 0 Å². The molecule has 0 radical (unpaired) electrons.